The quantitative estimate of drug-likeness (QED) is 0.898. The molecule has 26 heavy (non-hydrogen) atoms. The van der Waals surface area contributed by atoms with Gasteiger partial charge in [0.25, 0.3) is 5.91 Å². The van der Waals surface area contributed by atoms with Gasteiger partial charge in [-0.05, 0) is 50.6 Å². The van der Waals surface area contributed by atoms with Gasteiger partial charge >= 0.3 is 5.97 Å². The van der Waals surface area contributed by atoms with E-state index in [0.29, 0.717) is 11.4 Å². The minimum absolute atomic E-state index is 0.0102. The Morgan fingerprint density at radius 2 is 1.73 bits per heavy atom. The van der Waals surface area contributed by atoms with Gasteiger partial charge in [0.15, 0.2) is 0 Å². The fourth-order valence-corrected chi connectivity index (χ4v) is 3.49. The molecule has 0 aromatic heterocycles. The van der Waals surface area contributed by atoms with Gasteiger partial charge in [0, 0.05) is 11.6 Å². The molecule has 0 saturated carbocycles. The number of hydrogen-bond acceptors (Lipinski definition) is 3. The average Bonchev–Trinajstić information content (AvgIpc) is 2.60. The fraction of sp³-hybridized carbons (Fsp3) is 0.238. The minimum Gasteiger partial charge on any atom is -0.497 e. The Balaban J connectivity index is 2.21. The van der Waals surface area contributed by atoms with Crippen LogP contribution in [0.5, 0.6) is 5.75 Å². The van der Waals surface area contributed by atoms with Crippen molar-refractivity contribution in [2.75, 3.05) is 12.0 Å². The molecule has 0 radical (unpaired) electrons. The third-order valence-electron chi connectivity index (χ3n) is 4.61. The molecule has 0 saturated heterocycles. The first kappa shape index (κ1) is 17.7. The van der Waals surface area contributed by atoms with E-state index >= 15 is 0 Å². The maximum atomic E-state index is 13.4. The second-order valence-corrected chi connectivity index (χ2v) is 6.86. The molecule has 1 aliphatic heterocycles. The summed E-state index contributed by atoms with van der Waals surface area (Å²) in [5, 5.41) is 9.46. The number of allylic oxidation sites excluding steroid dienone is 1. The van der Waals surface area contributed by atoms with E-state index in [4.69, 9.17) is 4.74 Å². The van der Waals surface area contributed by atoms with E-state index in [9.17, 15) is 14.7 Å². The van der Waals surface area contributed by atoms with Crippen molar-refractivity contribution in [2.24, 2.45) is 0 Å². The molecule has 1 aliphatic rings. The molecule has 5 heteroatoms. The number of benzene rings is 2. The molecule has 3 rings (SSSR count). The van der Waals surface area contributed by atoms with Gasteiger partial charge in [0.05, 0.1) is 29.5 Å². The number of fused-ring (bicyclic) bond motifs is 1. The second-order valence-electron chi connectivity index (χ2n) is 6.86. The van der Waals surface area contributed by atoms with Gasteiger partial charge in [-0.25, -0.2) is 4.79 Å². The molecule has 134 valence electrons. The van der Waals surface area contributed by atoms with Gasteiger partial charge < -0.3 is 9.84 Å². The van der Waals surface area contributed by atoms with E-state index in [0.717, 1.165) is 11.1 Å². The Morgan fingerprint density at radius 1 is 1.08 bits per heavy atom. The fourth-order valence-electron chi connectivity index (χ4n) is 3.49. The van der Waals surface area contributed by atoms with E-state index in [1.54, 1.807) is 30.2 Å². The van der Waals surface area contributed by atoms with Gasteiger partial charge in [-0.2, -0.15) is 0 Å². The van der Waals surface area contributed by atoms with Crippen LogP contribution in [-0.4, -0.2) is 29.6 Å². The molecule has 2 aromatic carbocycles. The summed E-state index contributed by atoms with van der Waals surface area (Å²) < 4.78 is 5.33. The normalized spacial score (nSPS) is 15.1. The highest BCUT2D eigenvalue weighted by Crippen LogP contribution is 2.41. The highest BCUT2D eigenvalue weighted by Gasteiger charge is 2.37. The molecule has 1 heterocycles. The first-order chi connectivity index (χ1) is 12.3. The van der Waals surface area contributed by atoms with Crippen LogP contribution in [0.4, 0.5) is 5.69 Å². The van der Waals surface area contributed by atoms with Crippen molar-refractivity contribution in [1.29, 1.82) is 0 Å². The monoisotopic (exact) mass is 351 g/mol. The Labute approximate surface area is 152 Å². The summed E-state index contributed by atoms with van der Waals surface area (Å²) in [7, 11) is 1.57. The van der Waals surface area contributed by atoms with E-state index < -0.39 is 11.5 Å². The van der Waals surface area contributed by atoms with Crippen LogP contribution in [0.2, 0.25) is 0 Å². The summed E-state index contributed by atoms with van der Waals surface area (Å²) in [6.45, 7) is 5.86. The zero-order valence-corrected chi connectivity index (χ0v) is 15.2. The van der Waals surface area contributed by atoms with Crippen molar-refractivity contribution in [3.05, 3.63) is 65.2 Å². The number of carbonyl (C=O) groups excluding carboxylic acids is 1. The predicted octanol–water partition coefficient (Wildman–Crippen LogP) is 4.24. The smallest absolute Gasteiger partial charge is 0.336 e. The van der Waals surface area contributed by atoms with Crippen LogP contribution in [-0.2, 0) is 0 Å². The Morgan fingerprint density at radius 3 is 2.35 bits per heavy atom. The number of amides is 1. The van der Waals surface area contributed by atoms with E-state index in [1.807, 2.05) is 45.0 Å². The van der Waals surface area contributed by atoms with E-state index in [-0.39, 0.29) is 17.0 Å². The molecule has 0 aliphatic carbocycles. The number of aromatic carboxylic acids is 1. The summed E-state index contributed by atoms with van der Waals surface area (Å²) in [4.78, 5) is 26.6. The van der Waals surface area contributed by atoms with Gasteiger partial charge in [-0.15, -0.1) is 0 Å². The molecule has 0 atom stereocenters. The molecular formula is C21H21NO4. The number of carboxylic acid groups (broad SMARTS) is 1. The zero-order valence-electron chi connectivity index (χ0n) is 15.2. The summed E-state index contributed by atoms with van der Waals surface area (Å²) in [6.07, 6.45) is 2.02. The number of ether oxygens (including phenoxy) is 1. The van der Waals surface area contributed by atoms with Crippen LogP contribution < -0.4 is 9.64 Å². The first-order valence-corrected chi connectivity index (χ1v) is 8.31. The number of rotatable bonds is 3. The van der Waals surface area contributed by atoms with Crippen LogP contribution in [0.15, 0.2) is 48.5 Å². The van der Waals surface area contributed by atoms with Crippen LogP contribution in [0.1, 0.15) is 47.1 Å². The Kier molecular flexibility index (Phi) is 4.32. The summed E-state index contributed by atoms with van der Waals surface area (Å²) >= 11 is 0. The maximum Gasteiger partial charge on any atom is 0.336 e. The van der Waals surface area contributed by atoms with Crippen molar-refractivity contribution in [1.82, 2.24) is 0 Å². The average molecular weight is 351 g/mol. The molecule has 1 N–H and O–H groups in total. The molecular weight excluding hydrogens is 330 g/mol. The predicted molar refractivity (Wildman–Crippen MR) is 101 cm³/mol. The summed E-state index contributed by atoms with van der Waals surface area (Å²) in [5.74, 6) is -0.842. The van der Waals surface area contributed by atoms with Crippen molar-refractivity contribution in [2.45, 2.75) is 26.3 Å². The standard InChI is InChI=1S/C21H21NO4/c1-13-12-21(2,3)22(18-11-14(26-4)9-10-15(13)18)19(23)16-7-5-6-8-17(16)20(24)25/h5-12H,1-4H3,(H,24,25). The maximum absolute atomic E-state index is 13.4. The van der Waals surface area contributed by atoms with E-state index in [1.165, 1.54) is 6.07 Å². The minimum atomic E-state index is -1.12. The number of nitrogens with zero attached hydrogens (tertiary/aromatic N) is 1. The lowest BCUT2D eigenvalue weighted by atomic mass is 9.87. The molecule has 0 unspecified atom stereocenters. The van der Waals surface area contributed by atoms with Crippen LogP contribution in [0.25, 0.3) is 5.57 Å². The summed E-state index contributed by atoms with van der Waals surface area (Å²) in [5.41, 5.74) is 2.22. The van der Waals surface area contributed by atoms with Gasteiger partial charge in [0.2, 0.25) is 0 Å². The summed E-state index contributed by atoms with van der Waals surface area (Å²) in [6, 6.07) is 11.9. The SMILES string of the molecule is COc1ccc2c(c1)N(C(=O)c1ccccc1C(=O)O)C(C)(C)C=C2C. The van der Waals surface area contributed by atoms with E-state index in [2.05, 4.69) is 0 Å². The number of carbonyl (C=O) groups is 2. The van der Waals surface area contributed by atoms with Crippen LogP contribution in [0.3, 0.4) is 0 Å². The van der Waals surface area contributed by atoms with Crippen LogP contribution >= 0.6 is 0 Å². The van der Waals surface area contributed by atoms with Gasteiger partial charge in [-0.1, -0.05) is 18.2 Å². The lowest BCUT2D eigenvalue weighted by Gasteiger charge is -2.41. The topological polar surface area (TPSA) is 66.8 Å². The Hall–Kier alpha value is -3.08. The molecule has 1 amide bonds. The molecule has 0 fully saturated rings. The number of anilines is 1. The Bertz CT molecular complexity index is 927. The van der Waals surface area contributed by atoms with Crippen LogP contribution in [0, 0.1) is 0 Å². The van der Waals surface area contributed by atoms with Crippen molar-refractivity contribution in [3.8, 4) is 5.75 Å². The number of hydrogen-bond donors (Lipinski definition) is 1. The van der Waals surface area contributed by atoms with Crippen molar-refractivity contribution < 1.29 is 19.4 Å². The molecule has 5 nitrogen and oxygen atoms in total. The number of methoxy groups -OCH3 is 1. The second kappa shape index (κ2) is 6.33. The van der Waals surface area contributed by atoms with Crippen molar-refractivity contribution in [3.63, 3.8) is 0 Å². The lowest BCUT2D eigenvalue weighted by molar-refractivity contribution is 0.0691. The number of carboxylic acids is 1. The molecule has 0 spiro atoms. The van der Waals surface area contributed by atoms with Gasteiger partial charge in [0.1, 0.15) is 5.75 Å². The highest BCUT2D eigenvalue weighted by molar-refractivity contribution is 6.14. The molecule has 0 bridgehead atoms. The largest absolute Gasteiger partial charge is 0.497 e. The van der Waals surface area contributed by atoms with Gasteiger partial charge in [-0.3, -0.25) is 9.69 Å². The van der Waals surface area contributed by atoms with Crippen molar-refractivity contribution >= 4 is 23.1 Å². The first-order valence-electron chi connectivity index (χ1n) is 8.31. The third kappa shape index (κ3) is 2.86. The lowest BCUT2D eigenvalue weighted by Crippen LogP contribution is -2.49. The third-order valence-corrected chi connectivity index (χ3v) is 4.61. The molecule has 2 aromatic rings. The highest BCUT2D eigenvalue weighted by atomic mass is 16.5. The zero-order chi connectivity index (χ0) is 19.1.